The molecule has 8 nitrogen and oxygen atoms in total. The summed E-state index contributed by atoms with van der Waals surface area (Å²) in [5.74, 6) is -1.65. The second kappa shape index (κ2) is 14.0. The maximum absolute atomic E-state index is 13.5. The predicted octanol–water partition coefficient (Wildman–Crippen LogP) is 5.61. The molecule has 0 saturated carbocycles. The van der Waals surface area contributed by atoms with Crippen molar-refractivity contribution in [1.29, 1.82) is 0 Å². The smallest absolute Gasteiger partial charge is 0.326 e. The van der Waals surface area contributed by atoms with Gasteiger partial charge in [-0.2, -0.15) is 0 Å². The highest BCUT2D eigenvalue weighted by molar-refractivity contribution is 6.30. The lowest BCUT2D eigenvalue weighted by Gasteiger charge is -2.17. The highest BCUT2D eigenvalue weighted by atomic mass is 35.5. The highest BCUT2D eigenvalue weighted by Crippen LogP contribution is 2.28. The Balaban J connectivity index is 1.61. The first-order valence-electron chi connectivity index (χ1n) is 13.0. The van der Waals surface area contributed by atoms with E-state index in [-0.39, 0.29) is 12.1 Å². The Morgan fingerprint density at radius 2 is 1.48 bits per heavy atom. The van der Waals surface area contributed by atoms with E-state index < -0.39 is 23.8 Å². The van der Waals surface area contributed by atoms with Gasteiger partial charge in [0.05, 0.1) is 14.2 Å². The number of rotatable bonds is 11. The second-order valence-corrected chi connectivity index (χ2v) is 9.70. The maximum atomic E-state index is 13.5. The number of ether oxygens (including phenoxy) is 2. The van der Waals surface area contributed by atoms with Gasteiger partial charge in [-0.15, -0.1) is 0 Å². The molecule has 214 valence electrons. The van der Waals surface area contributed by atoms with Crippen molar-refractivity contribution in [3.8, 4) is 22.6 Å². The Hall–Kier alpha value is -5.08. The van der Waals surface area contributed by atoms with Gasteiger partial charge in [0.15, 0.2) is 11.5 Å². The van der Waals surface area contributed by atoms with Gasteiger partial charge >= 0.3 is 5.97 Å². The molecule has 4 rings (SSSR count). The quantitative estimate of drug-likeness (QED) is 0.198. The summed E-state index contributed by atoms with van der Waals surface area (Å²) < 4.78 is 10.6. The van der Waals surface area contributed by atoms with E-state index >= 15 is 0 Å². The van der Waals surface area contributed by atoms with Gasteiger partial charge in [-0.1, -0.05) is 72.3 Å². The molecule has 3 N–H and O–H groups in total. The number of methoxy groups -OCH3 is 2. The third-order valence-electron chi connectivity index (χ3n) is 6.42. The van der Waals surface area contributed by atoms with Crippen LogP contribution in [0.2, 0.25) is 5.02 Å². The van der Waals surface area contributed by atoms with E-state index in [1.807, 2.05) is 42.5 Å². The van der Waals surface area contributed by atoms with Crippen LogP contribution in [-0.2, 0) is 16.0 Å². The fourth-order valence-electron chi connectivity index (χ4n) is 4.20. The summed E-state index contributed by atoms with van der Waals surface area (Å²) in [6, 6.07) is 27.0. The Kier molecular flexibility index (Phi) is 9.97. The van der Waals surface area contributed by atoms with Crippen molar-refractivity contribution in [2.45, 2.75) is 12.5 Å². The van der Waals surface area contributed by atoms with Crippen molar-refractivity contribution < 1.29 is 29.0 Å². The number of aliphatic carboxylic acids is 1. The van der Waals surface area contributed by atoms with E-state index in [4.69, 9.17) is 21.1 Å². The minimum atomic E-state index is -1.27. The van der Waals surface area contributed by atoms with Crippen LogP contribution in [0.25, 0.3) is 17.2 Å². The normalized spacial score (nSPS) is 11.7. The summed E-state index contributed by atoms with van der Waals surface area (Å²) in [7, 11) is 2.98. The molecule has 0 fully saturated rings. The fraction of sp³-hybridized carbons (Fsp3) is 0.121. The topological polar surface area (TPSA) is 114 Å². The number of nitrogens with one attached hydrogen (secondary N) is 2. The van der Waals surface area contributed by atoms with Gasteiger partial charge in [0.1, 0.15) is 11.7 Å². The van der Waals surface area contributed by atoms with Crippen molar-refractivity contribution >= 4 is 35.5 Å². The Morgan fingerprint density at radius 1 is 0.833 bits per heavy atom. The van der Waals surface area contributed by atoms with Crippen molar-refractivity contribution in [1.82, 2.24) is 10.6 Å². The number of carboxylic acid groups (broad SMARTS) is 1. The number of amides is 2. The lowest BCUT2D eigenvalue weighted by atomic mass is 10.0. The van der Waals surface area contributed by atoms with Crippen LogP contribution in [0.1, 0.15) is 21.5 Å². The molecule has 0 radical (unpaired) electrons. The molecule has 4 aromatic rings. The van der Waals surface area contributed by atoms with Crippen LogP contribution in [0, 0.1) is 0 Å². The van der Waals surface area contributed by atoms with Gasteiger partial charge in [-0.3, -0.25) is 9.59 Å². The number of carboxylic acids is 1. The summed E-state index contributed by atoms with van der Waals surface area (Å²) in [6.07, 6.45) is 1.45. The van der Waals surface area contributed by atoms with Crippen LogP contribution in [0.3, 0.4) is 0 Å². The highest BCUT2D eigenvalue weighted by Gasteiger charge is 2.24. The zero-order valence-corrected chi connectivity index (χ0v) is 23.7. The monoisotopic (exact) mass is 584 g/mol. The second-order valence-electron chi connectivity index (χ2n) is 9.26. The first-order valence-corrected chi connectivity index (χ1v) is 13.3. The number of benzene rings is 4. The van der Waals surface area contributed by atoms with Crippen molar-refractivity contribution in [3.63, 3.8) is 0 Å². The molecule has 0 saturated heterocycles. The predicted molar refractivity (Wildman–Crippen MR) is 162 cm³/mol. The molecule has 0 aliphatic heterocycles. The molecule has 0 unspecified atom stereocenters. The third-order valence-corrected chi connectivity index (χ3v) is 6.67. The van der Waals surface area contributed by atoms with Crippen molar-refractivity contribution in [2.24, 2.45) is 0 Å². The molecular weight excluding hydrogens is 556 g/mol. The van der Waals surface area contributed by atoms with Crippen LogP contribution in [0.5, 0.6) is 11.5 Å². The SMILES string of the molecule is COc1ccc(C=C(NC(=O)c2ccc(-c3ccccc3)cc2)C(=O)N[C@@H](Cc2ccc(Cl)cc2)C(=O)O)cc1OC. The molecule has 0 aliphatic rings. The lowest BCUT2D eigenvalue weighted by molar-refractivity contribution is -0.141. The van der Waals surface area contributed by atoms with Crippen molar-refractivity contribution in [3.05, 3.63) is 124 Å². The molecule has 0 aromatic heterocycles. The summed E-state index contributed by atoms with van der Waals surface area (Å²) in [5.41, 5.74) is 3.27. The number of halogens is 1. The average Bonchev–Trinajstić information content (AvgIpc) is 3.01. The van der Waals surface area contributed by atoms with E-state index in [0.29, 0.717) is 33.2 Å². The van der Waals surface area contributed by atoms with Gasteiger partial charge in [-0.25, -0.2) is 4.79 Å². The number of hydrogen-bond acceptors (Lipinski definition) is 5. The Bertz CT molecular complexity index is 1590. The number of carbonyl (C=O) groups is 3. The molecular formula is C33H29ClN2O6. The Labute approximate surface area is 248 Å². The van der Waals surface area contributed by atoms with E-state index in [1.54, 1.807) is 54.6 Å². The lowest BCUT2D eigenvalue weighted by Crippen LogP contribution is -2.45. The van der Waals surface area contributed by atoms with Gasteiger partial charge < -0.3 is 25.2 Å². The van der Waals surface area contributed by atoms with Gasteiger partial charge in [0.25, 0.3) is 11.8 Å². The molecule has 42 heavy (non-hydrogen) atoms. The molecule has 2 amide bonds. The van der Waals surface area contributed by atoms with Gasteiger partial charge in [0.2, 0.25) is 0 Å². The molecule has 0 aliphatic carbocycles. The summed E-state index contributed by atoms with van der Waals surface area (Å²) in [5, 5.41) is 15.5. The van der Waals surface area contributed by atoms with Crippen LogP contribution >= 0.6 is 11.6 Å². The van der Waals surface area contributed by atoms with E-state index in [9.17, 15) is 19.5 Å². The number of carbonyl (C=O) groups excluding carboxylic acids is 2. The zero-order valence-electron chi connectivity index (χ0n) is 23.0. The van der Waals surface area contributed by atoms with Crippen molar-refractivity contribution in [2.75, 3.05) is 14.2 Å². The van der Waals surface area contributed by atoms with E-state index in [1.165, 1.54) is 20.3 Å². The van der Waals surface area contributed by atoms with Crippen LogP contribution in [0.15, 0.2) is 103 Å². The maximum Gasteiger partial charge on any atom is 0.326 e. The van der Waals surface area contributed by atoms with E-state index in [0.717, 1.165) is 11.1 Å². The van der Waals surface area contributed by atoms with Crippen LogP contribution in [-0.4, -0.2) is 43.2 Å². The standard InChI is InChI=1S/C33H29ClN2O6/c1-41-29-17-10-22(20-30(29)42-2)19-27(32(38)36-28(33(39)40)18-21-8-15-26(34)16-9-21)35-31(37)25-13-11-24(12-14-25)23-6-4-3-5-7-23/h3-17,19-20,28H,18H2,1-2H3,(H,35,37)(H,36,38)(H,39,40)/t28-/m0/s1. The molecule has 4 aromatic carbocycles. The summed E-state index contributed by atoms with van der Waals surface area (Å²) in [6.45, 7) is 0. The fourth-order valence-corrected chi connectivity index (χ4v) is 4.33. The molecule has 0 spiro atoms. The Morgan fingerprint density at radius 3 is 2.10 bits per heavy atom. The largest absolute Gasteiger partial charge is 0.493 e. The third kappa shape index (κ3) is 7.77. The molecule has 0 bridgehead atoms. The molecule has 1 atom stereocenters. The average molecular weight is 585 g/mol. The van der Waals surface area contributed by atoms with Crippen LogP contribution < -0.4 is 20.1 Å². The molecule has 0 heterocycles. The zero-order chi connectivity index (χ0) is 30.1. The minimum Gasteiger partial charge on any atom is -0.493 e. The van der Waals surface area contributed by atoms with Crippen LogP contribution in [0.4, 0.5) is 0 Å². The molecule has 9 heteroatoms. The van der Waals surface area contributed by atoms with E-state index in [2.05, 4.69) is 10.6 Å². The number of hydrogen-bond donors (Lipinski definition) is 3. The minimum absolute atomic E-state index is 0.0107. The first-order chi connectivity index (χ1) is 20.3. The van der Waals surface area contributed by atoms with Gasteiger partial charge in [-0.05, 0) is 64.7 Å². The van der Waals surface area contributed by atoms with Gasteiger partial charge in [0, 0.05) is 17.0 Å². The summed E-state index contributed by atoms with van der Waals surface area (Å²) in [4.78, 5) is 38.8. The first kappa shape index (κ1) is 29.9. The summed E-state index contributed by atoms with van der Waals surface area (Å²) >= 11 is 5.94.